The third-order valence-electron chi connectivity index (χ3n) is 4.28. The average Bonchev–Trinajstić information content (AvgIpc) is 2.67. The molecular weight excluding hydrogens is 352 g/mol. The first-order valence-corrected chi connectivity index (χ1v) is 10.7. The van der Waals surface area contributed by atoms with Crippen LogP contribution in [0.5, 0.6) is 0 Å². The number of hydrogen-bond donors (Lipinski definition) is 2. The average molecular weight is 383 g/mol. The molecule has 1 aliphatic heterocycles. The maximum absolute atomic E-state index is 12.6. The summed E-state index contributed by atoms with van der Waals surface area (Å²) in [6.07, 6.45) is 3.84. The van der Waals surface area contributed by atoms with Crippen LogP contribution in [0.2, 0.25) is 0 Å². The molecule has 2 rings (SSSR count). The highest BCUT2D eigenvalue weighted by Gasteiger charge is 2.25. The van der Waals surface area contributed by atoms with E-state index in [4.69, 9.17) is 10.5 Å². The van der Waals surface area contributed by atoms with Crippen molar-refractivity contribution in [2.75, 3.05) is 32.8 Å². The summed E-state index contributed by atoms with van der Waals surface area (Å²) in [5, 5.41) is 3.04. The van der Waals surface area contributed by atoms with Crippen molar-refractivity contribution in [3.8, 4) is 0 Å². The number of ether oxygens (including phenoxy) is 1. The minimum atomic E-state index is -3.38. The topological polar surface area (TPSA) is 97.0 Å². The van der Waals surface area contributed by atoms with Crippen LogP contribution in [0.4, 0.5) is 0 Å². The third kappa shape index (κ3) is 6.26. The van der Waals surface area contributed by atoms with E-state index in [0.29, 0.717) is 50.2 Å². The summed E-state index contributed by atoms with van der Waals surface area (Å²) in [5.41, 5.74) is 6.75. The lowest BCUT2D eigenvalue weighted by atomic mass is 10.2. The van der Waals surface area contributed by atoms with Crippen LogP contribution >= 0.6 is 0 Å². The molecule has 3 N–H and O–H groups in total. The Balaban J connectivity index is 1.85. The Kier molecular flexibility index (Phi) is 8.34. The molecule has 8 heteroatoms. The maximum Gasteiger partial charge on any atom is 0.243 e. The molecule has 0 amide bonds. The smallest absolute Gasteiger partial charge is 0.243 e. The Labute approximate surface area is 156 Å². The van der Waals surface area contributed by atoms with Gasteiger partial charge in [0.05, 0.1) is 11.4 Å². The zero-order valence-corrected chi connectivity index (χ0v) is 16.3. The molecule has 0 aromatic heterocycles. The molecule has 7 nitrogen and oxygen atoms in total. The van der Waals surface area contributed by atoms with Crippen molar-refractivity contribution in [3.05, 3.63) is 29.8 Å². The molecule has 1 aliphatic rings. The Bertz CT molecular complexity index is 668. The first-order valence-electron chi connectivity index (χ1n) is 9.24. The van der Waals surface area contributed by atoms with Gasteiger partial charge in [-0.2, -0.15) is 4.31 Å². The number of nitrogens with one attached hydrogen (secondary N) is 1. The quantitative estimate of drug-likeness (QED) is 0.385. The zero-order chi connectivity index (χ0) is 18.8. The fourth-order valence-corrected chi connectivity index (χ4v) is 4.31. The predicted molar refractivity (Wildman–Crippen MR) is 103 cm³/mol. The molecule has 1 heterocycles. The van der Waals surface area contributed by atoms with E-state index < -0.39 is 10.0 Å². The molecule has 146 valence electrons. The van der Waals surface area contributed by atoms with Gasteiger partial charge in [0.2, 0.25) is 10.0 Å². The van der Waals surface area contributed by atoms with E-state index in [9.17, 15) is 8.42 Å². The number of guanidine groups is 1. The lowest BCUT2D eigenvalue weighted by molar-refractivity contribution is 0.145. The fraction of sp³-hybridized carbons (Fsp3) is 0.611. The van der Waals surface area contributed by atoms with E-state index >= 15 is 0 Å². The van der Waals surface area contributed by atoms with Crippen molar-refractivity contribution >= 4 is 16.0 Å². The van der Waals surface area contributed by atoms with Gasteiger partial charge in [-0.25, -0.2) is 13.4 Å². The summed E-state index contributed by atoms with van der Waals surface area (Å²) in [6, 6.07) is 6.90. The maximum atomic E-state index is 12.6. The number of rotatable bonds is 9. The molecule has 0 bridgehead atoms. The van der Waals surface area contributed by atoms with E-state index in [1.165, 1.54) is 0 Å². The Morgan fingerprint density at radius 2 is 1.92 bits per heavy atom. The lowest BCUT2D eigenvalue weighted by Gasteiger charge is -2.25. The van der Waals surface area contributed by atoms with E-state index in [2.05, 4.69) is 10.3 Å². The second-order valence-electron chi connectivity index (χ2n) is 6.29. The number of benzene rings is 1. The summed E-state index contributed by atoms with van der Waals surface area (Å²) < 4.78 is 32.1. The van der Waals surface area contributed by atoms with Crippen LogP contribution in [0.1, 0.15) is 38.2 Å². The third-order valence-corrected chi connectivity index (χ3v) is 6.20. The van der Waals surface area contributed by atoms with Crippen LogP contribution in [-0.2, 0) is 21.3 Å². The second kappa shape index (κ2) is 10.5. The van der Waals surface area contributed by atoms with Crippen LogP contribution < -0.4 is 11.1 Å². The van der Waals surface area contributed by atoms with Crippen molar-refractivity contribution in [2.24, 2.45) is 10.7 Å². The lowest BCUT2D eigenvalue weighted by Crippen LogP contribution is -2.35. The van der Waals surface area contributed by atoms with E-state index in [0.717, 1.165) is 31.2 Å². The van der Waals surface area contributed by atoms with Crippen molar-refractivity contribution < 1.29 is 13.2 Å². The molecule has 0 unspecified atom stereocenters. The number of nitrogens with zero attached hydrogens (tertiary/aromatic N) is 2. The van der Waals surface area contributed by atoms with E-state index in [-0.39, 0.29) is 0 Å². The summed E-state index contributed by atoms with van der Waals surface area (Å²) in [7, 11) is -3.38. The number of sulfonamides is 1. The minimum Gasteiger partial charge on any atom is -0.382 e. The molecule has 0 aliphatic carbocycles. The molecule has 1 aromatic carbocycles. The summed E-state index contributed by atoms with van der Waals surface area (Å²) in [4.78, 5) is 4.62. The molecular formula is C18H30N4O3S. The fourth-order valence-electron chi connectivity index (χ4n) is 2.79. The van der Waals surface area contributed by atoms with Gasteiger partial charge in [0.25, 0.3) is 0 Å². The molecule has 1 fully saturated rings. The van der Waals surface area contributed by atoms with E-state index in [1.54, 1.807) is 28.6 Å². The number of hydrogen-bond acceptors (Lipinski definition) is 4. The zero-order valence-electron chi connectivity index (χ0n) is 15.5. The SMILES string of the molecule is CCOCCCNC(N)=NCc1ccc(S(=O)(=O)N2CCCCC2)cc1. The Morgan fingerprint density at radius 3 is 2.58 bits per heavy atom. The molecule has 1 saturated heterocycles. The van der Waals surface area contributed by atoms with Gasteiger partial charge < -0.3 is 15.8 Å². The number of aliphatic imine (C=N–C) groups is 1. The highest BCUT2D eigenvalue weighted by molar-refractivity contribution is 7.89. The van der Waals surface area contributed by atoms with Gasteiger partial charge in [0.1, 0.15) is 0 Å². The monoisotopic (exact) mass is 382 g/mol. The summed E-state index contributed by atoms with van der Waals surface area (Å²) in [6.45, 7) is 5.72. The van der Waals surface area contributed by atoms with Crippen LogP contribution in [0.3, 0.4) is 0 Å². The molecule has 0 spiro atoms. The Morgan fingerprint density at radius 1 is 1.23 bits per heavy atom. The van der Waals surface area contributed by atoms with Crippen molar-refractivity contribution in [1.29, 1.82) is 0 Å². The number of piperidine rings is 1. The van der Waals surface area contributed by atoms with Gasteiger partial charge in [-0.1, -0.05) is 18.6 Å². The standard InChI is InChI=1S/C18H30N4O3S/c1-2-25-14-6-11-20-18(19)21-15-16-7-9-17(10-8-16)26(23,24)22-12-4-3-5-13-22/h7-10H,2-6,11-15H2,1H3,(H3,19,20,21). The second-order valence-corrected chi connectivity index (χ2v) is 8.23. The van der Waals surface area contributed by atoms with Gasteiger partial charge in [-0.3, -0.25) is 0 Å². The first kappa shape index (κ1) is 20.7. The molecule has 0 radical (unpaired) electrons. The largest absolute Gasteiger partial charge is 0.382 e. The van der Waals surface area contributed by atoms with Crippen LogP contribution in [-0.4, -0.2) is 51.5 Å². The van der Waals surface area contributed by atoms with Crippen LogP contribution in [0.15, 0.2) is 34.2 Å². The van der Waals surface area contributed by atoms with Crippen molar-refractivity contribution in [3.63, 3.8) is 0 Å². The minimum absolute atomic E-state index is 0.342. The number of nitrogens with two attached hydrogens (primary N) is 1. The highest BCUT2D eigenvalue weighted by atomic mass is 32.2. The van der Waals surface area contributed by atoms with Crippen molar-refractivity contribution in [2.45, 2.75) is 44.0 Å². The molecule has 0 atom stereocenters. The van der Waals surface area contributed by atoms with Gasteiger partial charge in [0, 0.05) is 32.8 Å². The van der Waals surface area contributed by atoms with Crippen molar-refractivity contribution in [1.82, 2.24) is 9.62 Å². The normalized spacial score (nSPS) is 16.6. The van der Waals surface area contributed by atoms with Crippen LogP contribution in [0.25, 0.3) is 0 Å². The molecule has 26 heavy (non-hydrogen) atoms. The summed E-state index contributed by atoms with van der Waals surface area (Å²) >= 11 is 0. The first-order chi connectivity index (χ1) is 12.5. The highest BCUT2D eigenvalue weighted by Crippen LogP contribution is 2.20. The van der Waals surface area contributed by atoms with Crippen LogP contribution in [0, 0.1) is 0 Å². The van der Waals surface area contributed by atoms with Gasteiger partial charge in [-0.15, -0.1) is 0 Å². The van der Waals surface area contributed by atoms with E-state index in [1.807, 2.05) is 6.92 Å². The summed E-state index contributed by atoms with van der Waals surface area (Å²) in [5.74, 6) is 0.381. The molecule has 0 saturated carbocycles. The predicted octanol–water partition coefficient (Wildman–Crippen LogP) is 1.69. The van der Waals surface area contributed by atoms with Gasteiger partial charge >= 0.3 is 0 Å². The van der Waals surface area contributed by atoms with Gasteiger partial charge in [0.15, 0.2) is 5.96 Å². The molecule has 1 aromatic rings. The van der Waals surface area contributed by atoms with Gasteiger partial charge in [-0.05, 0) is 43.9 Å². The Hall–Kier alpha value is -1.64.